The molecule has 0 aliphatic carbocycles. The van der Waals surface area contributed by atoms with E-state index in [0.29, 0.717) is 17.6 Å². The van der Waals surface area contributed by atoms with E-state index in [9.17, 15) is 13.2 Å². The van der Waals surface area contributed by atoms with E-state index in [-0.39, 0.29) is 24.2 Å². The molecule has 0 fully saturated rings. The molecule has 0 amide bonds. The topological polar surface area (TPSA) is 22.1 Å². The van der Waals surface area contributed by atoms with Crippen LogP contribution >= 0.6 is 0 Å². The lowest BCUT2D eigenvalue weighted by Gasteiger charge is -2.10. The van der Waals surface area contributed by atoms with Crippen LogP contribution in [0.3, 0.4) is 0 Å². The predicted octanol–water partition coefficient (Wildman–Crippen LogP) is 8.59. The predicted molar refractivity (Wildman–Crippen MR) is 135 cm³/mol. The maximum Gasteiger partial charge on any atom is 0.194 e. The van der Waals surface area contributed by atoms with E-state index in [1.54, 1.807) is 18.3 Å². The number of aryl methyl sites for hydroxylation is 2. The van der Waals surface area contributed by atoms with Crippen LogP contribution in [0.25, 0.3) is 22.0 Å². The van der Waals surface area contributed by atoms with Crippen LogP contribution in [0.5, 0.6) is 5.75 Å². The number of unbranched alkanes of at least 4 members (excludes halogenated alkanes) is 4. The summed E-state index contributed by atoms with van der Waals surface area (Å²) >= 11 is 0. The Morgan fingerprint density at radius 1 is 0.750 bits per heavy atom. The third-order valence-corrected chi connectivity index (χ3v) is 6.31. The van der Waals surface area contributed by atoms with Gasteiger partial charge in [-0.3, -0.25) is 4.98 Å². The van der Waals surface area contributed by atoms with Gasteiger partial charge in [-0.25, -0.2) is 17.6 Å². The molecule has 1 heterocycles. The zero-order chi connectivity index (χ0) is 25.5. The molecule has 3 aromatic carbocycles. The van der Waals surface area contributed by atoms with Crippen LogP contribution in [0.1, 0.15) is 50.2 Å². The highest BCUT2D eigenvalue weighted by Gasteiger charge is 2.13. The van der Waals surface area contributed by atoms with E-state index < -0.39 is 17.5 Å². The first-order valence-corrected chi connectivity index (χ1v) is 12.4. The van der Waals surface area contributed by atoms with Gasteiger partial charge in [0.1, 0.15) is 11.6 Å². The minimum Gasteiger partial charge on any atom is -0.492 e. The minimum atomic E-state index is -1.50. The molecule has 0 N–H and O–H groups in total. The van der Waals surface area contributed by atoms with E-state index in [1.165, 1.54) is 19.3 Å². The first-order valence-electron chi connectivity index (χ1n) is 12.4. The molecule has 4 rings (SSSR count). The highest BCUT2D eigenvalue weighted by Crippen LogP contribution is 2.28. The van der Waals surface area contributed by atoms with Gasteiger partial charge in [0.25, 0.3) is 0 Å². The molecule has 188 valence electrons. The summed E-state index contributed by atoms with van der Waals surface area (Å²) in [5, 5.41) is 1.18. The highest BCUT2D eigenvalue weighted by molar-refractivity contribution is 5.88. The molecule has 0 atom stereocenters. The van der Waals surface area contributed by atoms with Crippen molar-refractivity contribution >= 4 is 10.8 Å². The van der Waals surface area contributed by atoms with Crippen molar-refractivity contribution in [2.75, 3.05) is 6.61 Å². The van der Waals surface area contributed by atoms with E-state index in [4.69, 9.17) is 4.74 Å². The quantitative estimate of drug-likeness (QED) is 0.118. The molecule has 0 saturated carbocycles. The third-order valence-electron chi connectivity index (χ3n) is 6.31. The second-order valence-electron chi connectivity index (χ2n) is 8.99. The smallest absolute Gasteiger partial charge is 0.194 e. The summed E-state index contributed by atoms with van der Waals surface area (Å²) < 4.78 is 61.0. The summed E-state index contributed by atoms with van der Waals surface area (Å²) in [5.74, 6) is -3.63. The zero-order valence-electron chi connectivity index (χ0n) is 20.3. The van der Waals surface area contributed by atoms with Gasteiger partial charge in [-0.2, -0.15) is 0 Å². The molecule has 0 saturated heterocycles. The summed E-state index contributed by atoms with van der Waals surface area (Å²) in [6.45, 7) is 2.87. The Kier molecular flexibility index (Phi) is 8.57. The zero-order valence-corrected chi connectivity index (χ0v) is 20.3. The summed E-state index contributed by atoms with van der Waals surface area (Å²) in [4.78, 5) is 4.50. The van der Waals surface area contributed by atoms with Crippen molar-refractivity contribution in [3.8, 4) is 17.0 Å². The fourth-order valence-corrected chi connectivity index (χ4v) is 4.25. The van der Waals surface area contributed by atoms with Gasteiger partial charge >= 0.3 is 0 Å². The molecule has 0 unspecified atom stereocenters. The number of fused-ring (bicyclic) bond motifs is 1. The Bertz CT molecular complexity index is 1300. The second kappa shape index (κ2) is 12.0. The number of hydrogen-bond donors (Lipinski definition) is 0. The number of rotatable bonds is 11. The van der Waals surface area contributed by atoms with Crippen molar-refractivity contribution < 1.29 is 22.3 Å². The van der Waals surface area contributed by atoms with Gasteiger partial charge in [0, 0.05) is 10.9 Å². The number of pyridine rings is 1. The Hall–Kier alpha value is -3.41. The van der Waals surface area contributed by atoms with Crippen LogP contribution in [-0.4, -0.2) is 11.6 Å². The number of halogens is 4. The van der Waals surface area contributed by atoms with Gasteiger partial charge in [0.05, 0.1) is 18.5 Å². The summed E-state index contributed by atoms with van der Waals surface area (Å²) in [6.07, 6.45) is 8.02. The highest BCUT2D eigenvalue weighted by atomic mass is 19.2. The second-order valence-corrected chi connectivity index (χ2v) is 8.99. The molecule has 0 spiro atoms. The van der Waals surface area contributed by atoms with Gasteiger partial charge < -0.3 is 4.74 Å². The number of aromatic nitrogens is 1. The average Bonchev–Trinajstić information content (AvgIpc) is 2.89. The first kappa shape index (κ1) is 25.7. The lowest BCUT2D eigenvalue weighted by Crippen LogP contribution is -1.99. The molecule has 36 heavy (non-hydrogen) atoms. The van der Waals surface area contributed by atoms with Gasteiger partial charge in [-0.1, -0.05) is 56.9 Å². The van der Waals surface area contributed by atoms with E-state index in [0.717, 1.165) is 47.4 Å². The van der Waals surface area contributed by atoms with Gasteiger partial charge in [-0.05, 0) is 66.1 Å². The number of nitrogens with zero attached hydrogens (tertiary/aromatic N) is 1. The van der Waals surface area contributed by atoms with Crippen LogP contribution in [0.4, 0.5) is 17.6 Å². The molecule has 0 aliphatic heterocycles. The monoisotopic (exact) mass is 495 g/mol. The van der Waals surface area contributed by atoms with Gasteiger partial charge in [0.2, 0.25) is 0 Å². The van der Waals surface area contributed by atoms with Gasteiger partial charge in [-0.15, -0.1) is 0 Å². The molecular formula is C30H29F4NO. The third kappa shape index (κ3) is 6.23. The Morgan fingerprint density at radius 3 is 2.25 bits per heavy atom. The SMILES string of the molecule is CCCCCCCOc1ccc(-c2ccc3c(F)c(CCc4cc(F)c(F)c(F)c4)ccc3c2)nc1. The Morgan fingerprint density at radius 2 is 1.53 bits per heavy atom. The molecule has 0 aliphatic rings. The van der Waals surface area contributed by atoms with Crippen molar-refractivity contribution in [2.24, 2.45) is 0 Å². The lowest BCUT2D eigenvalue weighted by molar-refractivity contribution is 0.303. The van der Waals surface area contributed by atoms with Crippen LogP contribution in [-0.2, 0) is 12.8 Å². The number of ether oxygens (including phenoxy) is 1. The molecule has 2 nitrogen and oxygen atoms in total. The van der Waals surface area contributed by atoms with Crippen molar-refractivity contribution in [2.45, 2.75) is 51.9 Å². The normalized spacial score (nSPS) is 11.2. The fourth-order valence-electron chi connectivity index (χ4n) is 4.25. The Balaban J connectivity index is 1.41. The van der Waals surface area contributed by atoms with Crippen LogP contribution in [0, 0.1) is 23.3 Å². The van der Waals surface area contributed by atoms with Crippen molar-refractivity contribution in [1.29, 1.82) is 0 Å². The van der Waals surface area contributed by atoms with Crippen LogP contribution in [0.2, 0.25) is 0 Å². The molecule has 6 heteroatoms. The molecule has 0 radical (unpaired) electrons. The number of hydrogen-bond acceptors (Lipinski definition) is 2. The fraction of sp³-hybridized carbons (Fsp3) is 0.300. The maximum atomic E-state index is 15.2. The van der Waals surface area contributed by atoms with Gasteiger partial charge in [0.15, 0.2) is 17.5 Å². The summed E-state index contributed by atoms with van der Waals surface area (Å²) in [7, 11) is 0. The van der Waals surface area contributed by atoms with E-state index in [1.807, 2.05) is 30.3 Å². The minimum absolute atomic E-state index is 0.186. The standard InChI is InChI=1S/C30H29F4NO/c1-2-3-4-5-6-15-36-24-12-14-28(35-19-24)23-11-13-25-22(18-23)10-9-21(29(25)33)8-7-20-16-26(31)30(34)27(32)17-20/h9-14,16-19H,2-8,15H2,1H3. The molecule has 1 aromatic heterocycles. The van der Waals surface area contributed by atoms with Crippen molar-refractivity contribution in [3.63, 3.8) is 0 Å². The first-order chi connectivity index (χ1) is 17.5. The summed E-state index contributed by atoms with van der Waals surface area (Å²) in [6, 6.07) is 14.6. The van der Waals surface area contributed by atoms with Crippen molar-refractivity contribution in [1.82, 2.24) is 4.98 Å². The largest absolute Gasteiger partial charge is 0.492 e. The van der Waals surface area contributed by atoms with Crippen LogP contribution in [0.15, 0.2) is 60.8 Å². The van der Waals surface area contributed by atoms with E-state index in [2.05, 4.69) is 11.9 Å². The molecular weight excluding hydrogens is 466 g/mol. The number of benzene rings is 3. The molecule has 0 bridgehead atoms. The maximum absolute atomic E-state index is 15.2. The lowest BCUT2D eigenvalue weighted by atomic mass is 9.98. The average molecular weight is 496 g/mol. The summed E-state index contributed by atoms with van der Waals surface area (Å²) in [5.41, 5.74) is 2.32. The molecule has 4 aromatic rings. The Labute approximate surface area is 209 Å². The van der Waals surface area contributed by atoms with E-state index >= 15 is 4.39 Å². The van der Waals surface area contributed by atoms with Crippen LogP contribution < -0.4 is 4.74 Å². The van der Waals surface area contributed by atoms with Crippen molar-refractivity contribution in [3.05, 3.63) is 95.2 Å².